The number of carbonyl (C=O) groups excluding carboxylic acids is 1. The smallest absolute Gasteiger partial charge is 0.264 e. The van der Waals surface area contributed by atoms with E-state index in [1.54, 1.807) is 22.6 Å². The number of hydrogen-bond donors (Lipinski definition) is 1. The Kier molecular flexibility index (Phi) is 4.90. The van der Waals surface area contributed by atoms with Gasteiger partial charge in [0.2, 0.25) is 0 Å². The lowest BCUT2D eigenvalue weighted by molar-refractivity contribution is 0.0938. The third-order valence-electron chi connectivity index (χ3n) is 5.60. The van der Waals surface area contributed by atoms with Crippen LogP contribution in [0.3, 0.4) is 0 Å². The van der Waals surface area contributed by atoms with Crippen molar-refractivity contribution in [3.8, 4) is 0 Å². The monoisotopic (exact) mass is 447 g/mol. The Hall–Kier alpha value is -3.72. The van der Waals surface area contributed by atoms with Crippen LogP contribution in [-0.4, -0.2) is 35.5 Å². The van der Waals surface area contributed by atoms with Gasteiger partial charge in [-0.3, -0.25) is 13.5 Å². The van der Waals surface area contributed by atoms with Crippen LogP contribution in [0, 0.1) is 0 Å². The summed E-state index contributed by atoms with van der Waals surface area (Å²) in [6.07, 6.45) is 2.49. The molecule has 2 aromatic carbocycles. The molecule has 0 radical (unpaired) electrons. The Labute approximate surface area is 185 Å². The fourth-order valence-electron chi connectivity index (χ4n) is 3.98. The standard InChI is InChI=1S/C23H21N5O3S/c1-16(22-26-25-21-11-4-5-13-27(21)22)24-23(29)18-8-6-9-19(15-18)32(30,31)28-14-12-17-7-2-3-10-20(17)28/h2-11,13,15-16H,12,14H2,1H3,(H,24,29). The molecule has 0 aliphatic carbocycles. The molecule has 9 heteroatoms. The highest BCUT2D eigenvalue weighted by Crippen LogP contribution is 2.32. The van der Waals surface area contributed by atoms with E-state index in [4.69, 9.17) is 0 Å². The summed E-state index contributed by atoms with van der Waals surface area (Å²) in [7, 11) is -3.78. The molecule has 4 aromatic rings. The minimum absolute atomic E-state index is 0.0856. The van der Waals surface area contributed by atoms with Crippen molar-refractivity contribution in [2.45, 2.75) is 24.3 Å². The number of rotatable bonds is 5. The zero-order chi connectivity index (χ0) is 22.3. The molecule has 2 aromatic heterocycles. The van der Waals surface area contributed by atoms with Crippen LogP contribution in [-0.2, 0) is 16.4 Å². The van der Waals surface area contributed by atoms with Crippen molar-refractivity contribution in [3.05, 3.63) is 89.9 Å². The quantitative estimate of drug-likeness (QED) is 0.507. The normalized spacial score (nSPS) is 14.3. The van der Waals surface area contributed by atoms with Crippen molar-refractivity contribution in [1.29, 1.82) is 0 Å². The molecule has 0 spiro atoms. The fourth-order valence-corrected chi connectivity index (χ4v) is 5.53. The maximum absolute atomic E-state index is 13.3. The highest BCUT2D eigenvalue weighted by Gasteiger charge is 2.31. The van der Waals surface area contributed by atoms with E-state index in [1.807, 2.05) is 49.5 Å². The second kappa shape index (κ2) is 7.76. The maximum atomic E-state index is 13.3. The molecule has 0 saturated heterocycles. The number of nitrogens with one attached hydrogen (secondary N) is 1. The van der Waals surface area contributed by atoms with Crippen LogP contribution in [0.25, 0.3) is 5.65 Å². The lowest BCUT2D eigenvalue weighted by Crippen LogP contribution is -2.30. The number of para-hydroxylation sites is 1. The molecule has 32 heavy (non-hydrogen) atoms. The minimum atomic E-state index is -3.78. The zero-order valence-corrected chi connectivity index (χ0v) is 18.2. The summed E-state index contributed by atoms with van der Waals surface area (Å²) < 4.78 is 29.8. The van der Waals surface area contributed by atoms with Crippen LogP contribution < -0.4 is 9.62 Å². The second-order valence-corrected chi connectivity index (χ2v) is 9.53. The van der Waals surface area contributed by atoms with Gasteiger partial charge in [-0.2, -0.15) is 0 Å². The van der Waals surface area contributed by atoms with E-state index in [0.29, 0.717) is 30.1 Å². The predicted molar refractivity (Wildman–Crippen MR) is 120 cm³/mol. The van der Waals surface area contributed by atoms with Crippen molar-refractivity contribution < 1.29 is 13.2 Å². The number of hydrogen-bond acceptors (Lipinski definition) is 5. The summed E-state index contributed by atoms with van der Waals surface area (Å²) in [6, 6.07) is 18.7. The first-order valence-electron chi connectivity index (χ1n) is 10.3. The topological polar surface area (TPSA) is 96.7 Å². The van der Waals surface area contributed by atoms with E-state index in [0.717, 1.165) is 5.56 Å². The van der Waals surface area contributed by atoms with Gasteiger partial charge in [-0.15, -0.1) is 10.2 Å². The van der Waals surface area contributed by atoms with E-state index in [2.05, 4.69) is 15.5 Å². The molecule has 1 unspecified atom stereocenters. The van der Waals surface area contributed by atoms with Crippen LogP contribution >= 0.6 is 0 Å². The Morgan fingerprint density at radius 3 is 2.72 bits per heavy atom. The van der Waals surface area contributed by atoms with Crippen molar-refractivity contribution >= 4 is 27.3 Å². The van der Waals surface area contributed by atoms with Crippen molar-refractivity contribution in [2.24, 2.45) is 0 Å². The lowest BCUT2D eigenvalue weighted by atomic mass is 10.2. The van der Waals surface area contributed by atoms with Gasteiger partial charge >= 0.3 is 0 Å². The van der Waals surface area contributed by atoms with Gasteiger partial charge in [0.15, 0.2) is 11.5 Å². The van der Waals surface area contributed by atoms with Gasteiger partial charge in [-0.25, -0.2) is 8.42 Å². The molecule has 3 heterocycles. The van der Waals surface area contributed by atoms with Gasteiger partial charge in [0, 0.05) is 18.3 Å². The average molecular weight is 448 g/mol. The Morgan fingerprint density at radius 2 is 1.84 bits per heavy atom. The molecular formula is C23H21N5O3S. The van der Waals surface area contributed by atoms with Crippen LogP contribution in [0.5, 0.6) is 0 Å². The third kappa shape index (κ3) is 3.40. The van der Waals surface area contributed by atoms with Gasteiger partial charge in [0.05, 0.1) is 16.6 Å². The first-order chi connectivity index (χ1) is 15.4. The van der Waals surface area contributed by atoms with Gasteiger partial charge in [0.25, 0.3) is 15.9 Å². The fraction of sp³-hybridized carbons (Fsp3) is 0.174. The number of aromatic nitrogens is 3. The lowest BCUT2D eigenvalue weighted by Gasteiger charge is -2.20. The minimum Gasteiger partial charge on any atom is -0.342 e. The predicted octanol–water partition coefficient (Wildman–Crippen LogP) is 2.97. The second-order valence-electron chi connectivity index (χ2n) is 7.67. The van der Waals surface area contributed by atoms with Crippen LogP contribution in [0.4, 0.5) is 5.69 Å². The van der Waals surface area contributed by atoms with E-state index < -0.39 is 16.1 Å². The van der Waals surface area contributed by atoms with E-state index in [9.17, 15) is 13.2 Å². The maximum Gasteiger partial charge on any atom is 0.264 e. The number of pyridine rings is 1. The highest BCUT2D eigenvalue weighted by molar-refractivity contribution is 7.92. The molecule has 1 aliphatic heterocycles. The molecule has 0 saturated carbocycles. The Balaban J connectivity index is 1.40. The van der Waals surface area contributed by atoms with Gasteiger partial charge < -0.3 is 5.32 Å². The average Bonchev–Trinajstić information content (AvgIpc) is 3.44. The van der Waals surface area contributed by atoms with Crippen LogP contribution in [0.1, 0.15) is 34.7 Å². The summed E-state index contributed by atoms with van der Waals surface area (Å²) >= 11 is 0. The molecule has 0 bridgehead atoms. The van der Waals surface area contributed by atoms with Crippen LogP contribution in [0.2, 0.25) is 0 Å². The number of anilines is 1. The van der Waals surface area contributed by atoms with Gasteiger partial charge in [0.1, 0.15) is 0 Å². The summed E-state index contributed by atoms with van der Waals surface area (Å²) in [6.45, 7) is 2.19. The zero-order valence-electron chi connectivity index (χ0n) is 17.3. The van der Waals surface area contributed by atoms with Crippen molar-refractivity contribution in [3.63, 3.8) is 0 Å². The van der Waals surface area contributed by atoms with Crippen molar-refractivity contribution in [1.82, 2.24) is 19.9 Å². The number of fused-ring (bicyclic) bond motifs is 2. The SMILES string of the molecule is CC(NC(=O)c1cccc(S(=O)(=O)N2CCc3ccccc32)c1)c1nnc2ccccn12. The van der Waals surface area contributed by atoms with Crippen LogP contribution in [0.15, 0.2) is 77.8 Å². The number of benzene rings is 2. The summed E-state index contributed by atoms with van der Waals surface area (Å²) in [5.41, 5.74) is 2.64. The molecule has 1 amide bonds. The first kappa shape index (κ1) is 20.2. The number of nitrogens with zero attached hydrogens (tertiary/aromatic N) is 4. The highest BCUT2D eigenvalue weighted by atomic mass is 32.2. The summed E-state index contributed by atoms with van der Waals surface area (Å²) in [5, 5.41) is 11.2. The number of sulfonamides is 1. The third-order valence-corrected chi connectivity index (χ3v) is 7.41. The Bertz CT molecular complexity index is 1430. The van der Waals surface area contributed by atoms with E-state index >= 15 is 0 Å². The molecule has 1 atom stereocenters. The van der Waals surface area contributed by atoms with Crippen molar-refractivity contribution in [2.75, 3.05) is 10.8 Å². The van der Waals surface area contributed by atoms with Gasteiger partial charge in [-0.1, -0.05) is 30.3 Å². The number of amides is 1. The largest absolute Gasteiger partial charge is 0.342 e. The molecule has 1 aliphatic rings. The summed E-state index contributed by atoms with van der Waals surface area (Å²) in [5.74, 6) is 0.204. The van der Waals surface area contributed by atoms with E-state index in [1.165, 1.54) is 16.4 Å². The Morgan fingerprint density at radius 1 is 1.03 bits per heavy atom. The molecular weight excluding hydrogens is 426 g/mol. The molecule has 1 N–H and O–H groups in total. The first-order valence-corrected chi connectivity index (χ1v) is 11.7. The van der Waals surface area contributed by atoms with E-state index in [-0.39, 0.29) is 16.4 Å². The molecule has 8 nitrogen and oxygen atoms in total. The summed E-state index contributed by atoms with van der Waals surface area (Å²) in [4.78, 5) is 13.0. The molecule has 162 valence electrons. The number of carbonyl (C=O) groups is 1. The molecule has 5 rings (SSSR count). The molecule has 0 fully saturated rings. The van der Waals surface area contributed by atoms with Gasteiger partial charge in [-0.05, 0) is 55.3 Å².